The van der Waals surface area contributed by atoms with E-state index in [9.17, 15) is 9.59 Å². The Bertz CT molecular complexity index is 504. The maximum absolute atomic E-state index is 11.8. The lowest BCUT2D eigenvalue weighted by molar-refractivity contribution is -0.124. The third-order valence-corrected chi connectivity index (χ3v) is 3.13. The van der Waals surface area contributed by atoms with E-state index in [1.807, 2.05) is 6.07 Å². The highest BCUT2D eigenvalue weighted by Crippen LogP contribution is 2.23. The molecule has 0 saturated heterocycles. The van der Waals surface area contributed by atoms with Gasteiger partial charge in [-0.15, -0.1) is 0 Å². The first-order valence-corrected chi connectivity index (χ1v) is 7.69. The van der Waals surface area contributed by atoms with E-state index in [1.165, 1.54) is 12.5 Å². The normalized spacial score (nSPS) is 11.0. The Hall–Kier alpha value is -1.64. The zero-order chi connectivity index (χ0) is 16.0. The second-order valence-electron chi connectivity index (χ2n) is 6.61. The van der Waals surface area contributed by atoms with Crippen LogP contribution in [0, 0.1) is 11.8 Å². The van der Waals surface area contributed by atoms with Gasteiger partial charge in [-0.1, -0.05) is 39.8 Å². The van der Waals surface area contributed by atoms with Gasteiger partial charge in [0, 0.05) is 5.69 Å². The number of benzene rings is 1. The van der Waals surface area contributed by atoms with Crippen molar-refractivity contribution in [1.29, 1.82) is 0 Å². The highest BCUT2D eigenvalue weighted by molar-refractivity contribution is 6.03. The first kappa shape index (κ1) is 17.4. The van der Waals surface area contributed by atoms with Crippen LogP contribution in [0.5, 0.6) is 0 Å². The van der Waals surface area contributed by atoms with E-state index in [0.29, 0.717) is 11.8 Å². The minimum absolute atomic E-state index is 0.0607. The topological polar surface area (TPSA) is 46.2 Å². The van der Waals surface area contributed by atoms with Crippen LogP contribution in [0.3, 0.4) is 0 Å². The fraction of sp³-hybridized carbons (Fsp3) is 0.556. The van der Waals surface area contributed by atoms with Gasteiger partial charge in [0.15, 0.2) is 0 Å². The number of hydrogen-bond acceptors (Lipinski definition) is 2. The molecule has 3 nitrogen and oxygen atoms in total. The van der Waals surface area contributed by atoms with Crippen molar-refractivity contribution in [3.05, 3.63) is 29.3 Å². The van der Waals surface area contributed by atoms with Gasteiger partial charge in [-0.05, 0) is 48.8 Å². The molecule has 0 saturated carbocycles. The van der Waals surface area contributed by atoms with Crippen LogP contribution in [0.15, 0.2) is 18.2 Å². The summed E-state index contributed by atoms with van der Waals surface area (Å²) in [5.41, 5.74) is 3.28. The Morgan fingerprint density at radius 1 is 1.05 bits per heavy atom. The molecule has 0 aliphatic rings. The van der Waals surface area contributed by atoms with Crippen LogP contribution < -0.4 is 5.32 Å². The van der Waals surface area contributed by atoms with E-state index in [0.717, 1.165) is 24.1 Å². The maximum Gasteiger partial charge on any atom is 0.231 e. The van der Waals surface area contributed by atoms with Gasteiger partial charge in [-0.2, -0.15) is 0 Å². The first-order chi connectivity index (χ1) is 9.77. The Morgan fingerprint density at radius 2 is 1.67 bits per heavy atom. The lowest BCUT2D eigenvalue weighted by atomic mass is 9.95. The van der Waals surface area contributed by atoms with Gasteiger partial charge in [0.2, 0.25) is 5.91 Å². The van der Waals surface area contributed by atoms with Gasteiger partial charge >= 0.3 is 0 Å². The molecular weight excluding hydrogens is 262 g/mol. The molecule has 21 heavy (non-hydrogen) atoms. The maximum atomic E-state index is 11.8. The number of ketones is 1. The predicted octanol–water partition coefficient (Wildman–Crippen LogP) is 4.00. The third kappa shape index (κ3) is 6.56. The summed E-state index contributed by atoms with van der Waals surface area (Å²) >= 11 is 0. The second kappa shape index (κ2) is 7.96. The highest BCUT2D eigenvalue weighted by atomic mass is 16.2. The van der Waals surface area contributed by atoms with E-state index >= 15 is 0 Å². The third-order valence-electron chi connectivity index (χ3n) is 3.13. The number of amides is 1. The van der Waals surface area contributed by atoms with Gasteiger partial charge in [0.1, 0.15) is 5.78 Å². The molecule has 1 N–H and O–H groups in total. The number of nitrogens with one attached hydrogen (secondary N) is 1. The SMILES string of the molecule is CC(=O)CC(=O)Nc1ccc(CC(C)C)cc1CC(C)C. The molecule has 0 aliphatic carbocycles. The summed E-state index contributed by atoms with van der Waals surface area (Å²) in [5, 5.41) is 2.87. The molecule has 0 bridgehead atoms. The van der Waals surface area contributed by atoms with Crippen molar-refractivity contribution in [1.82, 2.24) is 0 Å². The van der Waals surface area contributed by atoms with E-state index in [2.05, 4.69) is 45.1 Å². The largest absolute Gasteiger partial charge is 0.325 e. The van der Waals surface area contributed by atoms with Crippen molar-refractivity contribution in [2.45, 2.75) is 53.9 Å². The van der Waals surface area contributed by atoms with Crippen molar-refractivity contribution < 1.29 is 9.59 Å². The van der Waals surface area contributed by atoms with Gasteiger partial charge in [0.25, 0.3) is 0 Å². The van der Waals surface area contributed by atoms with Gasteiger partial charge in [0.05, 0.1) is 6.42 Å². The monoisotopic (exact) mass is 289 g/mol. The van der Waals surface area contributed by atoms with Crippen LogP contribution in [-0.2, 0) is 22.4 Å². The van der Waals surface area contributed by atoms with Crippen molar-refractivity contribution in [2.24, 2.45) is 11.8 Å². The molecule has 0 spiro atoms. The van der Waals surface area contributed by atoms with Crippen LogP contribution in [-0.4, -0.2) is 11.7 Å². The summed E-state index contributed by atoms with van der Waals surface area (Å²) in [6.07, 6.45) is 1.89. The molecule has 0 fully saturated rings. The predicted molar refractivity (Wildman–Crippen MR) is 87.5 cm³/mol. The van der Waals surface area contributed by atoms with Gasteiger partial charge in [-0.25, -0.2) is 0 Å². The summed E-state index contributed by atoms with van der Waals surface area (Å²) in [6.45, 7) is 10.2. The fourth-order valence-electron chi connectivity index (χ4n) is 2.40. The minimum atomic E-state index is -0.232. The second-order valence-corrected chi connectivity index (χ2v) is 6.61. The molecule has 0 atom stereocenters. The molecule has 1 aromatic rings. The van der Waals surface area contributed by atoms with E-state index in [4.69, 9.17) is 0 Å². The number of carbonyl (C=O) groups is 2. The minimum Gasteiger partial charge on any atom is -0.325 e. The Balaban J connectivity index is 2.95. The number of rotatable bonds is 7. The van der Waals surface area contributed by atoms with E-state index in [1.54, 1.807) is 0 Å². The van der Waals surface area contributed by atoms with E-state index < -0.39 is 0 Å². The van der Waals surface area contributed by atoms with Crippen molar-refractivity contribution >= 4 is 17.4 Å². The zero-order valence-electron chi connectivity index (χ0n) is 13.8. The van der Waals surface area contributed by atoms with Crippen LogP contribution in [0.4, 0.5) is 5.69 Å². The summed E-state index contributed by atoms with van der Waals surface area (Å²) in [6, 6.07) is 6.21. The molecule has 0 heterocycles. The zero-order valence-corrected chi connectivity index (χ0v) is 13.8. The van der Waals surface area contributed by atoms with Crippen LogP contribution >= 0.6 is 0 Å². The van der Waals surface area contributed by atoms with Crippen LogP contribution in [0.25, 0.3) is 0 Å². The first-order valence-electron chi connectivity index (χ1n) is 7.69. The lowest BCUT2D eigenvalue weighted by Gasteiger charge is -2.15. The van der Waals surface area contributed by atoms with Crippen molar-refractivity contribution in [3.8, 4) is 0 Å². The molecular formula is C18H27NO2. The molecule has 0 radical (unpaired) electrons. The standard InChI is InChI=1S/C18H27NO2/c1-12(2)8-15-6-7-17(16(11-15)9-13(3)4)19-18(21)10-14(5)20/h6-7,11-13H,8-10H2,1-5H3,(H,19,21). The average Bonchev–Trinajstić information content (AvgIpc) is 2.29. The van der Waals surface area contributed by atoms with Crippen LogP contribution in [0.1, 0.15) is 52.2 Å². The summed E-state index contributed by atoms with van der Waals surface area (Å²) < 4.78 is 0. The summed E-state index contributed by atoms with van der Waals surface area (Å²) in [7, 11) is 0. The molecule has 116 valence electrons. The number of Topliss-reactive ketones (excluding diaryl/α,β-unsaturated/α-hetero) is 1. The van der Waals surface area contributed by atoms with Gasteiger partial charge < -0.3 is 5.32 Å². The van der Waals surface area contributed by atoms with Crippen molar-refractivity contribution in [2.75, 3.05) is 5.32 Å². The molecule has 3 heteroatoms. The number of anilines is 1. The smallest absolute Gasteiger partial charge is 0.231 e. The number of hydrogen-bond donors (Lipinski definition) is 1. The average molecular weight is 289 g/mol. The molecule has 1 rings (SSSR count). The molecule has 0 aliphatic heterocycles. The molecule has 0 aromatic heterocycles. The molecule has 1 amide bonds. The lowest BCUT2D eigenvalue weighted by Crippen LogP contribution is -2.16. The van der Waals surface area contributed by atoms with Crippen molar-refractivity contribution in [3.63, 3.8) is 0 Å². The Kier molecular flexibility index (Phi) is 6.60. The number of carbonyl (C=O) groups excluding carboxylic acids is 2. The molecule has 1 aromatic carbocycles. The summed E-state index contributed by atoms with van der Waals surface area (Å²) in [4.78, 5) is 22.8. The molecule has 0 unspecified atom stereocenters. The van der Waals surface area contributed by atoms with E-state index in [-0.39, 0.29) is 18.1 Å². The summed E-state index contributed by atoms with van der Waals surface area (Å²) in [5.74, 6) is 0.774. The highest BCUT2D eigenvalue weighted by Gasteiger charge is 2.11. The Morgan fingerprint density at radius 3 is 2.19 bits per heavy atom. The Labute approximate surface area is 128 Å². The van der Waals surface area contributed by atoms with Gasteiger partial charge in [-0.3, -0.25) is 9.59 Å². The fourth-order valence-corrected chi connectivity index (χ4v) is 2.40. The van der Waals surface area contributed by atoms with Crippen LogP contribution in [0.2, 0.25) is 0 Å². The quantitative estimate of drug-likeness (QED) is 0.771.